The standard InChI is InChI=1S/C13H19N3/c1-15(2)13-7-5-12(6-8-13)11-14-16-9-3-4-10-16/h5-8,11H,3-4,9-10H2,1-2H3. The topological polar surface area (TPSA) is 18.8 Å². The molecule has 0 bridgehead atoms. The van der Waals surface area contributed by atoms with Gasteiger partial charge in [0.15, 0.2) is 0 Å². The summed E-state index contributed by atoms with van der Waals surface area (Å²) in [7, 11) is 4.10. The maximum atomic E-state index is 4.46. The van der Waals surface area contributed by atoms with Gasteiger partial charge in [-0.3, -0.25) is 5.01 Å². The first-order chi connectivity index (χ1) is 7.75. The average Bonchev–Trinajstić information content (AvgIpc) is 2.80. The summed E-state index contributed by atoms with van der Waals surface area (Å²) < 4.78 is 0. The van der Waals surface area contributed by atoms with E-state index >= 15 is 0 Å². The zero-order valence-electron chi connectivity index (χ0n) is 10.1. The van der Waals surface area contributed by atoms with E-state index in [4.69, 9.17) is 0 Å². The third-order valence-corrected chi connectivity index (χ3v) is 2.86. The van der Waals surface area contributed by atoms with Gasteiger partial charge in [0.25, 0.3) is 0 Å². The summed E-state index contributed by atoms with van der Waals surface area (Å²) in [5.74, 6) is 0. The fourth-order valence-electron chi connectivity index (χ4n) is 1.82. The summed E-state index contributed by atoms with van der Waals surface area (Å²) in [4.78, 5) is 2.10. The van der Waals surface area contributed by atoms with Crippen LogP contribution in [0.4, 0.5) is 5.69 Å². The van der Waals surface area contributed by atoms with Crippen LogP contribution in [0.15, 0.2) is 29.4 Å². The zero-order valence-corrected chi connectivity index (χ0v) is 10.1. The van der Waals surface area contributed by atoms with Gasteiger partial charge in [-0.05, 0) is 30.5 Å². The highest BCUT2D eigenvalue weighted by molar-refractivity contribution is 5.80. The van der Waals surface area contributed by atoms with Crippen molar-refractivity contribution < 1.29 is 0 Å². The lowest BCUT2D eigenvalue weighted by Crippen LogP contribution is -2.11. The van der Waals surface area contributed by atoms with Gasteiger partial charge in [0.1, 0.15) is 0 Å². The monoisotopic (exact) mass is 217 g/mol. The van der Waals surface area contributed by atoms with Crippen molar-refractivity contribution >= 4 is 11.9 Å². The first kappa shape index (κ1) is 11.0. The molecule has 2 rings (SSSR count). The number of rotatable bonds is 3. The van der Waals surface area contributed by atoms with Crippen LogP contribution < -0.4 is 4.90 Å². The maximum Gasteiger partial charge on any atom is 0.0542 e. The molecule has 1 aromatic rings. The van der Waals surface area contributed by atoms with Crippen molar-refractivity contribution in [1.29, 1.82) is 0 Å². The normalized spacial score (nSPS) is 16.0. The van der Waals surface area contributed by atoms with E-state index in [2.05, 4.69) is 39.3 Å². The van der Waals surface area contributed by atoms with E-state index in [0.717, 1.165) is 18.7 Å². The molecule has 0 spiro atoms. The molecular weight excluding hydrogens is 198 g/mol. The average molecular weight is 217 g/mol. The van der Waals surface area contributed by atoms with Gasteiger partial charge < -0.3 is 4.90 Å². The third kappa shape index (κ3) is 2.75. The van der Waals surface area contributed by atoms with E-state index in [1.807, 2.05) is 20.3 Å². The van der Waals surface area contributed by atoms with Crippen LogP contribution in [0.2, 0.25) is 0 Å². The van der Waals surface area contributed by atoms with Crippen molar-refractivity contribution in [3.63, 3.8) is 0 Å². The molecule has 0 unspecified atom stereocenters. The number of hydrazone groups is 1. The zero-order chi connectivity index (χ0) is 11.4. The molecule has 1 aromatic carbocycles. The van der Waals surface area contributed by atoms with Crippen LogP contribution in [0.25, 0.3) is 0 Å². The second-order valence-electron chi connectivity index (χ2n) is 4.39. The van der Waals surface area contributed by atoms with Crippen molar-refractivity contribution in [3.05, 3.63) is 29.8 Å². The summed E-state index contributed by atoms with van der Waals surface area (Å²) in [5.41, 5.74) is 2.39. The summed E-state index contributed by atoms with van der Waals surface area (Å²) in [6.45, 7) is 2.21. The van der Waals surface area contributed by atoms with Gasteiger partial charge in [0.2, 0.25) is 0 Å². The Hall–Kier alpha value is -1.51. The molecule has 0 radical (unpaired) electrons. The van der Waals surface area contributed by atoms with Crippen LogP contribution in [0, 0.1) is 0 Å². The molecule has 0 atom stereocenters. The molecule has 1 saturated heterocycles. The van der Waals surface area contributed by atoms with Crippen molar-refractivity contribution in [1.82, 2.24) is 5.01 Å². The third-order valence-electron chi connectivity index (χ3n) is 2.86. The van der Waals surface area contributed by atoms with Crippen LogP contribution in [0.3, 0.4) is 0 Å². The van der Waals surface area contributed by atoms with E-state index in [9.17, 15) is 0 Å². The van der Waals surface area contributed by atoms with Gasteiger partial charge >= 0.3 is 0 Å². The smallest absolute Gasteiger partial charge is 0.0542 e. The maximum absolute atomic E-state index is 4.46. The Morgan fingerprint density at radius 1 is 1.12 bits per heavy atom. The predicted octanol–water partition coefficient (Wildman–Crippen LogP) is 2.18. The van der Waals surface area contributed by atoms with E-state index in [1.54, 1.807) is 0 Å². The lowest BCUT2D eigenvalue weighted by molar-refractivity contribution is 0.362. The highest BCUT2D eigenvalue weighted by atomic mass is 15.5. The summed E-state index contributed by atoms with van der Waals surface area (Å²) in [6, 6.07) is 8.44. The Morgan fingerprint density at radius 3 is 2.31 bits per heavy atom. The van der Waals surface area contributed by atoms with E-state index in [0.29, 0.717) is 0 Å². The Balaban J connectivity index is 1.98. The molecule has 1 heterocycles. The largest absolute Gasteiger partial charge is 0.378 e. The molecular formula is C13H19N3. The van der Waals surface area contributed by atoms with Gasteiger partial charge in [-0.25, -0.2) is 0 Å². The Morgan fingerprint density at radius 2 is 1.75 bits per heavy atom. The SMILES string of the molecule is CN(C)c1ccc(C=NN2CCCC2)cc1. The molecule has 0 saturated carbocycles. The molecule has 1 aliphatic heterocycles. The van der Waals surface area contributed by atoms with Crippen molar-refractivity contribution in [2.45, 2.75) is 12.8 Å². The fourth-order valence-corrected chi connectivity index (χ4v) is 1.82. The summed E-state index contributed by atoms with van der Waals surface area (Å²) >= 11 is 0. The molecule has 86 valence electrons. The van der Waals surface area contributed by atoms with Crippen molar-refractivity contribution in [2.24, 2.45) is 5.10 Å². The second kappa shape index (κ2) is 5.01. The molecule has 16 heavy (non-hydrogen) atoms. The minimum atomic E-state index is 1.10. The first-order valence-electron chi connectivity index (χ1n) is 5.82. The van der Waals surface area contributed by atoms with Gasteiger partial charge in [-0.1, -0.05) is 12.1 Å². The molecule has 3 heteroatoms. The first-order valence-corrected chi connectivity index (χ1v) is 5.82. The molecule has 0 aromatic heterocycles. The van der Waals surface area contributed by atoms with Gasteiger partial charge in [0, 0.05) is 32.9 Å². The molecule has 0 aliphatic carbocycles. The number of hydrogen-bond donors (Lipinski definition) is 0. The number of anilines is 1. The molecule has 0 N–H and O–H groups in total. The van der Waals surface area contributed by atoms with Crippen molar-refractivity contribution in [3.8, 4) is 0 Å². The summed E-state index contributed by atoms with van der Waals surface area (Å²) in [5, 5.41) is 6.60. The quantitative estimate of drug-likeness (QED) is 0.723. The Kier molecular flexibility index (Phi) is 3.44. The molecule has 1 aliphatic rings. The van der Waals surface area contributed by atoms with Crippen LogP contribution in [-0.4, -0.2) is 38.4 Å². The van der Waals surface area contributed by atoms with Gasteiger partial charge in [0.05, 0.1) is 6.21 Å². The number of nitrogens with zero attached hydrogens (tertiary/aromatic N) is 3. The Labute approximate surface area is 97.4 Å². The van der Waals surface area contributed by atoms with E-state index in [-0.39, 0.29) is 0 Å². The Bertz CT molecular complexity index is 348. The van der Waals surface area contributed by atoms with Gasteiger partial charge in [-0.2, -0.15) is 5.10 Å². The fraction of sp³-hybridized carbons (Fsp3) is 0.462. The van der Waals surface area contributed by atoms with Gasteiger partial charge in [-0.15, -0.1) is 0 Å². The van der Waals surface area contributed by atoms with Crippen LogP contribution in [-0.2, 0) is 0 Å². The van der Waals surface area contributed by atoms with Crippen LogP contribution in [0.5, 0.6) is 0 Å². The number of hydrogen-bond acceptors (Lipinski definition) is 3. The van der Waals surface area contributed by atoms with Crippen LogP contribution >= 0.6 is 0 Å². The van der Waals surface area contributed by atoms with Crippen LogP contribution in [0.1, 0.15) is 18.4 Å². The number of benzene rings is 1. The molecule has 1 fully saturated rings. The minimum absolute atomic E-state index is 1.10. The minimum Gasteiger partial charge on any atom is -0.378 e. The second-order valence-corrected chi connectivity index (χ2v) is 4.39. The lowest BCUT2D eigenvalue weighted by Gasteiger charge is -2.12. The molecule has 3 nitrogen and oxygen atoms in total. The molecule has 0 amide bonds. The van der Waals surface area contributed by atoms with Crippen molar-refractivity contribution in [2.75, 3.05) is 32.1 Å². The highest BCUT2D eigenvalue weighted by Crippen LogP contribution is 2.12. The highest BCUT2D eigenvalue weighted by Gasteiger charge is 2.07. The van der Waals surface area contributed by atoms with E-state index < -0.39 is 0 Å². The summed E-state index contributed by atoms with van der Waals surface area (Å²) in [6.07, 6.45) is 4.50. The van der Waals surface area contributed by atoms with E-state index in [1.165, 1.54) is 18.5 Å². The predicted molar refractivity (Wildman–Crippen MR) is 69.2 cm³/mol. The lowest BCUT2D eigenvalue weighted by atomic mass is 10.2.